The number of anilines is 1. The summed E-state index contributed by atoms with van der Waals surface area (Å²) < 4.78 is 0. The van der Waals surface area contributed by atoms with Gasteiger partial charge < -0.3 is 15.3 Å². The number of carbonyl (C=O) groups is 2. The second-order valence-electron chi connectivity index (χ2n) is 5.22. The molecule has 1 fully saturated rings. The monoisotopic (exact) mass is 277 g/mol. The van der Waals surface area contributed by atoms with Gasteiger partial charge in [0.15, 0.2) is 0 Å². The molecule has 2 heterocycles. The van der Waals surface area contributed by atoms with E-state index in [9.17, 15) is 14.7 Å². The number of carboxylic acid groups (broad SMARTS) is 1. The molecule has 6 nitrogen and oxygen atoms in total. The number of nitrogens with one attached hydrogen (secondary N) is 1. The molecule has 0 radical (unpaired) electrons. The van der Waals surface area contributed by atoms with Crippen molar-refractivity contribution in [3.05, 3.63) is 23.4 Å². The number of aromatic nitrogens is 1. The van der Waals surface area contributed by atoms with Crippen molar-refractivity contribution in [3.63, 3.8) is 0 Å². The molecule has 1 saturated heterocycles. The third kappa shape index (κ3) is 3.26. The fourth-order valence-corrected chi connectivity index (χ4v) is 2.12. The fraction of sp³-hybridized carbons (Fsp3) is 0.500. The van der Waals surface area contributed by atoms with Gasteiger partial charge in [-0.1, -0.05) is 13.8 Å². The van der Waals surface area contributed by atoms with Crippen LogP contribution >= 0.6 is 0 Å². The molecule has 0 saturated carbocycles. The zero-order valence-corrected chi connectivity index (χ0v) is 11.7. The Labute approximate surface area is 117 Å². The number of carboxylic acids is 1. The highest BCUT2D eigenvalue weighted by Crippen LogP contribution is 2.21. The third-order valence-electron chi connectivity index (χ3n) is 3.26. The van der Waals surface area contributed by atoms with Gasteiger partial charge in [-0.05, 0) is 24.5 Å². The molecule has 0 aliphatic carbocycles. The molecule has 0 atom stereocenters. The number of rotatable bonds is 3. The third-order valence-corrected chi connectivity index (χ3v) is 3.26. The van der Waals surface area contributed by atoms with Crippen molar-refractivity contribution in [1.29, 1.82) is 0 Å². The Balaban J connectivity index is 2.38. The van der Waals surface area contributed by atoms with E-state index in [4.69, 9.17) is 0 Å². The highest BCUT2D eigenvalue weighted by atomic mass is 16.4. The predicted octanol–water partition coefficient (Wildman–Crippen LogP) is 1.23. The van der Waals surface area contributed by atoms with Crippen LogP contribution in [0.5, 0.6) is 0 Å². The number of hydrogen-bond acceptors (Lipinski definition) is 4. The number of pyridine rings is 1. The lowest BCUT2D eigenvalue weighted by molar-refractivity contribution is -0.119. The first kappa shape index (κ1) is 14.3. The van der Waals surface area contributed by atoms with E-state index < -0.39 is 5.97 Å². The lowest BCUT2D eigenvalue weighted by Crippen LogP contribution is -2.33. The van der Waals surface area contributed by atoms with Gasteiger partial charge in [-0.3, -0.25) is 4.79 Å². The summed E-state index contributed by atoms with van der Waals surface area (Å²) in [5, 5.41) is 12.0. The van der Waals surface area contributed by atoms with Crippen molar-refractivity contribution in [2.24, 2.45) is 0 Å². The van der Waals surface area contributed by atoms with Crippen LogP contribution in [-0.4, -0.2) is 41.6 Å². The van der Waals surface area contributed by atoms with Crippen molar-refractivity contribution in [1.82, 2.24) is 10.3 Å². The minimum atomic E-state index is -0.977. The molecule has 1 aliphatic heterocycles. The van der Waals surface area contributed by atoms with Crippen molar-refractivity contribution < 1.29 is 14.7 Å². The minimum Gasteiger partial charge on any atom is -0.478 e. The van der Waals surface area contributed by atoms with Gasteiger partial charge in [0.25, 0.3) is 0 Å². The Bertz CT molecular complexity index is 528. The smallest absolute Gasteiger partial charge is 0.335 e. The second-order valence-corrected chi connectivity index (χ2v) is 5.22. The molecule has 1 aromatic rings. The molecule has 2 rings (SSSR count). The van der Waals surface area contributed by atoms with Gasteiger partial charge in [-0.2, -0.15) is 0 Å². The summed E-state index contributed by atoms with van der Waals surface area (Å²) in [7, 11) is 0. The standard InChI is InChI=1S/C14H19N3O3/c1-9(2)11-6-10(14(19)20)7-12(16-11)17-5-3-4-15-13(18)8-17/h6-7,9H,3-5,8H2,1-2H3,(H,15,18)(H,19,20). The molecule has 1 aromatic heterocycles. The van der Waals surface area contributed by atoms with E-state index in [2.05, 4.69) is 10.3 Å². The normalized spacial score (nSPS) is 15.9. The summed E-state index contributed by atoms with van der Waals surface area (Å²) in [4.78, 5) is 29.2. The van der Waals surface area contributed by atoms with Crippen LogP contribution in [-0.2, 0) is 4.79 Å². The molecule has 6 heteroatoms. The molecule has 0 bridgehead atoms. The molecular formula is C14H19N3O3. The molecule has 0 spiro atoms. The molecule has 2 N–H and O–H groups in total. The first-order chi connectivity index (χ1) is 9.47. The van der Waals surface area contributed by atoms with E-state index in [0.717, 1.165) is 12.1 Å². The van der Waals surface area contributed by atoms with Gasteiger partial charge >= 0.3 is 5.97 Å². The number of hydrogen-bond donors (Lipinski definition) is 2. The summed E-state index contributed by atoms with van der Waals surface area (Å²) in [6, 6.07) is 3.13. The minimum absolute atomic E-state index is 0.0591. The van der Waals surface area contributed by atoms with Crippen molar-refractivity contribution in [3.8, 4) is 0 Å². The number of aromatic carboxylic acids is 1. The quantitative estimate of drug-likeness (QED) is 0.868. The predicted molar refractivity (Wildman–Crippen MR) is 75.1 cm³/mol. The first-order valence-corrected chi connectivity index (χ1v) is 6.74. The number of nitrogens with zero attached hydrogens (tertiary/aromatic N) is 2. The summed E-state index contributed by atoms with van der Waals surface area (Å²) in [5.41, 5.74) is 0.938. The topological polar surface area (TPSA) is 82.5 Å². The van der Waals surface area contributed by atoms with Gasteiger partial charge in [-0.15, -0.1) is 0 Å². The van der Waals surface area contributed by atoms with E-state index in [1.54, 1.807) is 6.07 Å². The lowest BCUT2D eigenvalue weighted by Gasteiger charge is -2.21. The van der Waals surface area contributed by atoms with E-state index in [-0.39, 0.29) is 23.9 Å². The molecule has 108 valence electrons. The SMILES string of the molecule is CC(C)c1cc(C(=O)O)cc(N2CCCNC(=O)C2)n1. The van der Waals surface area contributed by atoms with Crippen LogP contribution in [0.1, 0.15) is 42.2 Å². The maximum Gasteiger partial charge on any atom is 0.335 e. The van der Waals surface area contributed by atoms with Crippen LogP contribution < -0.4 is 10.2 Å². The Morgan fingerprint density at radius 3 is 2.85 bits per heavy atom. The number of amides is 1. The van der Waals surface area contributed by atoms with Gasteiger partial charge in [0, 0.05) is 18.8 Å². The average molecular weight is 277 g/mol. The van der Waals surface area contributed by atoms with Gasteiger partial charge in [0.2, 0.25) is 5.91 Å². The summed E-state index contributed by atoms with van der Waals surface area (Å²) in [6.07, 6.45) is 0.821. The van der Waals surface area contributed by atoms with Crippen LogP contribution in [0.2, 0.25) is 0 Å². The highest BCUT2D eigenvalue weighted by Gasteiger charge is 2.19. The second kappa shape index (κ2) is 5.90. The molecule has 0 aromatic carbocycles. The Morgan fingerprint density at radius 1 is 1.45 bits per heavy atom. The van der Waals surface area contributed by atoms with E-state index in [1.807, 2.05) is 18.7 Å². The van der Waals surface area contributed by atoms with Gasteiger partial charge in [0.1, 0.15) is 5.82 Å². The molecule has 1 amide bonds. The highest BCUT2D eigenvalue weighted by molar-refractivity contribution is 5.89. The van der Waals surface area contributed by atoms with Crippen molar-refractivity contribution in [2.45, 2.75) is 26.2 Å². The Hall–Kier alpha value is -2.11. The van der Waals surface area contributed by atoms with Crippen molar-refractivity contribution >= 4 is 17.7 Å². The van der Waals surface area contributed by atoms with E-state index >= 15 is 0 Å². The Kier molecular flexibility index (Phi) is 4.22. The van der Waals surface area contributed by atoms with E-state index in [0.29, 0.717) is 18.9 Å². The fourth-order valence-electron chi connectivity index (χ4n) is 2.12. The van der Waals surface area contributed by atoms with E-state index in [1.165, 1.54) is 6.07 Å². The molecule has 0 unspecified atom stereocenters. The van der Waals surface area contributed by atoms with Crippen LogP contribution in [0.15, 0.2) is 12.1 Å². The maximum absolute atomic E-state index is 11.6. The summed E-state index contributed by atoms with van der Waals surface area (Å²) in [6.45, 7) is 5.48. The van der Waals surface area contributed by atoms with Crippen LogP contribution in [0.3, 0.4) is 0 Å². The average Bonchev–Trinajstić information content (AvgIpc) is 2.62. The molecule has 20 heavy (non-hydrogen) atoms. The summed E-state index contributed by atoms with van der Waals surface area (Å²) in [5.74, 6) is -0.342. The van der Waals surface area contributed by atoms with Crippen LogP contribution in [0.25, 0.3) is 0 Å². The first-order valence-electron chi connectivity index (χ1n) is 6.74. The maximum atomic E-state index is 11.6. The number of carbonyl (C=O) groups excluding carboxylic acids is 1. The van der Waals surface area contributed by atoms with Crippen molar-refractivity contribution in [2.75, 3.05) is 24.5 Å². The molecular weight excluding hydrogens is 258 g/mol. The lowest BCUT2D eigenvalue weighted by atomic mass is 10.1. The van der Waals surface area contributed by atoms with Crippen LogP contribution in [0.4, 0.5) is 5.82 Å². The van der Waals surface area contributed by atoms with Gasteiger partial charge in [0.05, 0.1) is 12.1 Å². The zero-order valence-electron chi connectivity index (χ0n) is 11.7. The van der Waals surface area contributed by atoms with Gasteiger partial charge in [-0.25, -0.2) is 9.78 Å². The largest absolute Gasteiger partial charge is 0.478 e. The molecule has 1 aliphatic rings. The van der Waals surface area contributed by atoms with Crippen LogP contribution in [0, 0.1) is 0 Å². The Morgan fingerprint density at radius 2 is 2.20 bits per heavy atom. The zero-order chi connectivity index (χ0) is 14.7. The summed E-state index contributed by atoms with van der Waals surface area (Å²) >= 11 is 0.